The third-order valence-corrected chi connectivity index (χ3v) is 5.40. The Morgan fingerprint density at radius 1 is 1.38 bits per heavy atom. The molecule has 21 heavy (non-hydrogen) atoms. The second-order valence-corrected chi connectivity index (χ2v) is 7.00. The van der Waals surface area contributed by atoms with E-state index in [1.54, 1.807) is 12.3 Å². The molecule has 0 radical (unpaired) electrons. The minimum absolute atomic E-state index is 0.0429. The summed E-state index contributed by atoms with van der Waals surface area (Å²) < 4.78 is 12.9. The molecule has 2 N–H and O–H groups in total. The number of hydrogen-bond donors (Lipinski definition) is 2. The van der Waals surface area contributed by atoms with Crippen LogP contribution in [-0.4, -0.2) is 23.1 Å². The van der Waals surface area contributed by atoms with E-state index in [9.17, 15) is 4.55 Å². The van der Waals surface area contributed by atoms with E-state index in [1.165, 1.54) is 5.56 Å². The van der Waals surface area contributed by atoms with Crippen molar-refractivity contribution in [3.8, 4) is 0 Å². The molecule has 2 rings (SSSR count). The van der Waals surface area contributed by atoms with Crippen LogP contribution < -0.4 is 5.32 Å². The Balaban J connectivity index is 2.28. The number of aromatic amines is 1. The van der Waals surface area contributed by atoms with E-state index >= 15 is 0 Å². The van der Waals surface area contributed by atoms with Crippen LogP contribution in [0.25, 0.3) is 0 Å². The monoisotopic (exact) mass is 324 g/mol. The highest BCUT2D eigenvalue weighted by molar-refractivity contribution is 7.91. The molecule has 0 aliphatic heterocycles. The highest BCUT2D eigenvalue weighted by Gasteiger charge is 2.27. The van der Waals surface area contributed by atoms with Crippen molar-refractivity contribution in [2.24, 2.45) is 0 Å². The second-order valence-electron chi connectivity index (χ2n) is 4.96. The van der Waals surface area contributed by atoms with Gasteiger partial charge in [-0.25, -0.2) is 0 Å². The van der Waals surface area contributed by atoms with Gasteiger partial charge in [0.2, 0.25) is 5.03 Å². The fourth-order valence-electron chi connectivity index (χ4n) is 2.30. The highest BCUT2D eigenvalue weighted by atomic mass is 35.5. The molecule has 2 unspecified atom stereocenters. The standard InChI is InChI=1S/C16H21ClN2OS/c1-3-12-5-4-6-13(9-12)15(7-8-18-2)21(20)16-10-14(17)11-19-16/h4-6,9-11,15,18-19H,3,7-8H2,1-2H3. The lowest BCUT2D eigenvalue weighted by atomic mass is 10.0. The van der Waals surface area contributed by atoms with Gasteiger partial charge < -0.3 is 14.9 Å². The summed E-state index contributed by atoms with van der Waals surface area (Å²) in [5.74, 6) is 0. The molecule has 1 heterocycles. The van der Waals surface area contributed by atoms with Crippen molar-refractivity contribution in [3.63, 3.8) is 0 Å². The van der Waals surface area contributed by atoms with Gasteiger partial charge in [-0.2, -0.15) is 0 Å². The first-order valence-electron chi connectivity index (χ1n) is 7.13. The van der Waals surface area contributed by atoms with Crippen LogP contribution in [-0.2, 0) is 17.6 Å². The van der Waals surface area contributed by atoms with Gasteiger partial charge in [-0.1, -0.05) is 42.8 Å². The van der Waals surface area contributed by atoms with E-state index in [0.717, 1.165) is 24.9 Å². The summed E-state index contributed by atoms with van der Waals surface area (Å²) in [5, 5.41) is 4.37. The maximum absolute atomic E-state index is 12.9. The van der Waals surface area contributed by atoms with Crippen molar-refractivity contribution in [2.45, 2.75) is 30.0 Å². The quantitative estimate of drug-likeness (QED) is 0.763. The first kappa shape index (κ1) is 16.4. The molecule has 1 aromatic heterocycles. The second kappa shape index (κ2) is 7.90. The Labute approximate surface area is 134 Å². The molecule has 5 heteroatoms. The average molecular weight is 325 g/mol. The maximum Gasteiger partial charge on any atom is 0.224 e. The Morgan fingerprint density at radius 2 is 2.19 bits per heavy atom. The van der Waals surface area contributed by atoms with Gasteiger partial charge in [-0.15, -0.1) is 0 Å². The van der Waals surface area contributed by atoms with Crippen molar-refractivity contribution < 1.29 is 4.55 Å². The lowest BCUT2D eigenvalue weighted by Gasteiger charge is -2.21. The minimum Gasteiger partial charge on any atom is -0.610 e. The largest absolute Gasteiger partial charge is 0.610 e. The summed E-state index contributed by atoms with van der Waals surface area (Å²) in [4.78, 5) is 3.01. The van der Waals surface area contributed by atoms with Gasteiger partial charge in [0.15, 0.2) is 0 Å². The number of aromatic nitrogens is 1. The van der Waals surface area contributed by atoms with E-state index in [-0.39, 0.29) is 5.25 Å². The van der Waals surface area contributed by atoms with Gasteiger partial charge in [0, 0.05) is 35.4 Å². The molecule has 0 bridgehead atoms. The average Bonchev–Trinajstić information content (AvgIpc) is 2.94. The zero-order valence-corrected chi connectivity index (χ0v) is 13.9. The van der Waals surface area contributed by atoms with Crippen molar-refractivity contribution >= 4 is 22.8 Å². The van der Waals surface area contributed by atoms with E-state index in [4.69, 9.17) is 11.6 Å². The number of aryl methyl sites for hydroxylation is 1. The molecule has 0 saturated heterocycles. The van der Waals surface area contributed by atoms with Crippen LogP contribution in [0, 0.1) is 0 Å². The Morgan fingerprint density at radius 3 is 2.81 bits per heavy atom. The molecule has 114 valence electrons. The van der Waals surface area contributed by atoms with Crippen LogP contribution in [0.4, 0.5) is 0 Å². The Bertz CT molecular complexity index is 573. The van der Waals surface area contributed by atoms with E-state index in [0.29, 0.717) is 10.0 Å². The van der Waals surface area contributed by atoms with Gasteiger partial charge in [-0.3, -0.25) is 0 Å². The zero-order chi connectivity index (χ0) is 15.2. The molecule has 0 spiro atoms. The number of benzene rings is 1. The van der Waals surface area contributed by atoms with Crippen LogP contribution in [0.3, 0.4) is 0 Å². The lowest BCUT2D eigenvalue weighted by Crippen LogP contribution is -2.20. The molecule has 0 saturated carbocycles. The van der Waals surface area contributed by atoms with Gasteiger partial charge in [0.05, 0.1) is 5.02 Å². The molecule has 2 atom stereocenters. The first-order valence-corrected chi connectivity index (χ1v) is 8.72. The fourth-order valence-corrected chi connectivity index (χ4v) is 3.98. The lowest BCUT2D eigenvalue weighted by molar-refractivity contribution is 0.567. The predicted octanol–water partition coefficient (Wildman–Crippen LogP) is 3.69. The number of hydrogen-bond acceptors (Lipinski definition) is 2. The van der Waals surface area contributed by atoms with E-state index in [2.05, 4.69) is 35.4 Å². The molecule has 1 aromatic carbocycles. The number of H-pyrrole nitrogens is 1. The maximum atomic E-state index is 12.9. The zero-order valence-electron chi connectivity index (χ0n) is 12.4. The third-order valence-electron chi connectivity index (χ3n) is 3.48. The van der Waals surface area contributed by atoms with Gasteiger partial charge >= 0.3 is 0 Å². The summed E-state index contributed by atoms with van der Waals surface area (Å²) in [6.45, 7) is 2.95. The smallest absolute Gasteiger partial charge is 0.224 e. The van der Waals surface area contributed by atoms with Gasteiger partial charge in [0.25, 0.3) is 0 Å². The third kappa shape index (κ3) is 4.27. The number of halogens is 1. The van der Waals surface area contributed by atoms with Crippen LogP contribution in [0.5, 0.6) is 0 Å². The number of nitrogens with one attached hydrogen (secondary N) is 2. The highest BCUT2D eigenvalue weighted by Crippen LogP contribution is 2.32. The molecule has 0 aliphatic rings. The van der Waals surface area contributed by atoms with E-state index in [1.807, 2.05) is 13.1 Å². The molecular formula is C16H21ClN2OS. The van der Waals surface area contributed by atoms with E-state index < -0.39 is 11.2 Å². The van der Waals surface area contributed by atoms with Crippen molar-refractivity contribution in [2.75, 3.05) is 13.6 Å². The summed E-state index contributed by atoms with van der Waals surface area (Å²) in [7, 11) is 1.91. The fraction of sp³-hybridized carbons (Fsp3) is 0.375. The summed E-state index contributed by atoms with van der Waals surface area (Å²) >= 11 is 4.79. The van der Waals surface area contributed by atoms with Crippen molar-refractivity contribution in [1.82, 2.24) is 10.3 Å². The SMILES string of the molecule is CCc1cccc(C(CCNC)[S+]([O-])c2cc(Cl)c[nH]2)c1. The molecule has 3 nitrogen and oxygen atoms in total. The number of rotatable bonds is 7. The van der Waals surface area contributed by atoms with Crippen LogP contribution in [0.2, 0.25) is 5.02 Å². The molecular weight excluding hydrogens is 304 g/mol. The Kier molecular flexibility index (Phi) is 6.18. The van der Waals surface area contributed by atoms with Gasteiger partial charge in [-0.05, 0) is 25.6 Å². The molecule has 2 aromatic rings. The molecule has 0 amide bonds. The molecule has 0 fully saturated rings. The predicted molar refractivity (Wildman–Crippen MR) is 89.3 cm³/mol. The van der Waals surface area contributed by atoms with Crippen LogP contribution in [0.15, 0.2) is 41.6 Å². The summed E-state index contributed by atoms with van der Waals surface area (Å²) in [6.07, 6.45) is 3.47. The topological polar surface area (TPSA) is 50.9 Å². The molecule has 0 aliphatic carbocycles. The summed E-state index contributed by atoms with van der Waals surface area (Å²) in [6, 6.07) is 10.1. The van der Waals surface area contributed by atoms with Crippen LogP contribution in [0.1, 0.15) is 29.7 Å². The summed E-state index contributed by atoms with van der Waals surface area (Å²) in [5.41, 5.74) is 2.39. The van der Waals surface area contributed by atoms with Crippen LogP contribution >= 0.6 is 11.6 Å². The first-order chi connectivity index (χ1) is 10.2. The minimum atomic E-state index is -1.14. The Hall–Kier alpha value is -0.940. The van der Waals surface area contributed by atoms with Crippen molar-refractivity contribution in [3.05, 3.63) is 52.7 Å². The van der Waals surface area contributed by atoms with Crippen molar-refractivity contribution in [1.29, 1.82) is 0 Å². The van der Waals surface area contributed by atoms with Gasteiger partial charge in [0.1, 0.15) is 5.25 Å². The normalized spacial score (nSPS) is 14.1.